The Kier molecular flexibility index (Phi) is 7.60. The number of aliphatic carboxylic acids is 1. The summed E-state index contributed by atoms with van der Waals surface area (Å²) in [6.07, 6.45) is -0.575. The van der Waals surface area contributed by atoms with Gasteiger partial charge in [0.25, 0.3) is 6.43 Å². The zero-order chi connectivity index (χ0) is 13.4. The van der Waals surface area contributed by atoms with E-state index in [4.69, 9.17) is 5.11 Å². The monoisotopic (exact) mass is 270 g/mol. The van der Waals surface area contributed by atoms with Crippen LogP contribution in [0.5, 0.6) is 0 Å². The summed E-state index contributed by atoms with van der Waals surface area (Å²) >= 11 is 1.45. The number of nitrogens with one attached hydrogen (secondary N) is 1. The number of carboxylic acids is 1. The fraction of sp³-hybridized carbons (Fsp3) is 0.778. The molecule has 0 saturated heterocycles. The van der Waals surface area contributed by atoms with Crippen LogP contribution >= 0.6 is 11.8 Å². The number of halogens is 2. The van der Waals surface area contributed by atoms with Gasteiger partial charge in [0, 0.05) is 7.05 Å². The van der Waals surface area contributed by atoms with Crippen LogP contribution in [0.1, 0.15) is 6.42 Å². The molecule has 2 amide bonds. The molecule has 0 heterocycles. The summed E-state index contributed by atoms with van der Waals surface area (Å²) in [5.41, 5.74) is 0. The molecule has 0 spiro atoms. The predicted octanol–water partition coefficient (Wildman–Crippen LogP) is 1.10. The van der Waals surface area contributed by atoms with E-state index < -0.39 is 31.0 Å². The van der Waals surface area contributed by atoms with Gasteiger partial charge in [0.05, 0.1) is 6.54 Å². The van der Waals surface area contributed by atoms with Crippen LogP contribution in [0, 0.1) is 0 Å². The Hall–Kier alpha value is -1.05. The van der Waals surface area contributed by atoms with Gasteiger partial charge in [-0.05, 0) is 18.4 Å². The molecular weight excluding hydrogens is 254 g/mol. The van der Waals surface area contributed by atoms with Gasteiger partial charge in [0.2, 0.25) is 0 Å². The first-order valence-corrected chi connectivity index (χ1v) is 6.29. The van der Waals surface area contributed by atoms with E-state index in [-0.39, 0.29) is 6.42 Å². The van der Waals surface area contributed by atoms with E-state index in [1.54, 1.807) is 0 Å². The topological polar surface area (TPSA) is 69.6 Å². The molecule has 5 nitrogen and oxygen atoms in total. The zero-order valence-corrected chi connectivity index (χ0v) is 10.5. The fourth-order valence-electron chi connectivity index (χ4n) is 1.04. The molecule has 0 aromatic heterocycles. The zero-order valence-electron chi connectivity index (χ0n) is 9.65. The summed E-state index contributed by atoms with van der Waals surface area (Å²) in [4.78, 5) is 22.9. The van der Waals surface area contributed by atoms with Crippen molar-refractivity contribution in [1.29, 1.82) is 0 Å². The number of hydrogen-bond donors (Lipinski definition) is 2. The molecule has 8 heteroatoms. The number of nitrogens with zero attached hydrogens (tertiary/aromatic N) is 1. The standard InChI is InChI=1S/C9H16F2N2O3S/c1-13(5-7(10)11)9(16)12-6(8(14)15)3-4-17-2/h6-7H,3-5H2,1-2H3,(H,12,16)(H,14,15)/t6-/m0/s1. The molecular formula is C9H16F2N2O3S. The average Bonchev–Trinajstić information content (AvgIpc) is 2.22. The molecule has 0 aromatic rings. The van der Waals surface area contributed by atoms with Crippen molar-refractivity contribution in [1.82, 2.24) is 10.2 Å². The third kappa shape index (κ3) is 6.98. The van der Waals surface area contributed by atoms with Crippen molar-refractivity contribution in [2.45, 2.75) is 18.9 Å². The third-order valence-electron chi connectivity index (χ3n) is 1.97. The highest BCUT2D eigenvalue weighted by atomic mass is 32.2. The van der Waals surface area contributed by atoms with Crippen molar-refractivity contribution in [2.24, 2.45) is 0 Å². The van der Waals surface area contributed by atoms with Crippen molar-refractivity contribution < 1.29 is 23.5 Å². The molecule has 0 aliphatic rings. The molecule has 0 unspecified atom stereocenters. The van der Waals surface area contributed by atoms with Crippen molar-refractivity contribution in [3.05, 3.63) is 0 Å². The van der Waals surface area contributed by atoms with E-state index in [2.05, 4.69) is 5.32 Å². The van der Waals surface area contributed by atoms with Crippen LogP contribution in [-0.2, 0) is 4.79 Å². The lowest BCUT2D eigenvalue weighted by atomic mass is 10.2. The van der Waals surface area contributed by atoms with E-state index in [1.165, 1.54) is 18.8 Å². The molecule has 0 radical (unpaired) electrons. The molecule has 1 atom stereocenters. The number of urea groups is 1. The molecule has 0 saturated carbocycles. The molecule has 0 bridgehead atoms. The Labute approximate surface area is 103 Å². The lowest BCUT2D eigenvalue weighted by Gasteiger charge is -2.20. The lowest BCUT2D eigenvalue weighted by Crippen LogP contribution is -2.48. The van der Waals surface area contributed by atoms with Crippen LogP contribution in [0.3, 0.4) is 0 Å². The average molecular weight is 270 g/mol. The van der Waals surface area contributed by atoms with Gasteiger partial charge in [-0.2, -0.15) is 11.8 Å². The Balaban J connectivity index is 4.24. The van der Waals surface area contributed by atoms with Crippen LogP contribution in [0.4, 0.5) is 13.6 Å². The van der Waals surface area contributed by atoms with E-state index in [9.17, 15) is 18.4 Å². The Morgan fingerprint density at radius 2 is 2.06 bits per heavy atom. The number of hydrogen-bond acceptors (Lipinski definition) is 3. The Morgan fingerprint density at radius 1 is 1.47 bits per heavy atom. The van der Waals surface area contributed by atoms with Crippen molar-refractivity contribution in [2.75, 3.05) is 25.6 Å². The SMILES string of the molecule is CSCC[C@H](NC(=O)N(C)CC(F)F)C(=O)O. The Bertz CT molecular complexity index is 267. The van der Waals surface area contributed by atoms with Crippen LogP contribution in [-0.4, -0.2) is 60.1 Å². The van der Waals surface area contributed by atoms with Gasteiger partial charge in [0.15, 0.2) is 0 Å². The summed E-state index contributed by atoms with van der Waals surface area (Å²) in [6, 6.07) is -1.85. The maximum atomic E-state index is 12.0. The largest absolute Gasteiger partial charge is 0.480 e. The Morgan fingerprint density at radius 3 is 2.47 bits per heavy atom. The minimum absolute atomic E-state index is 0.255. The maximum Gasteiger partial charge on any atom is 0.326 e. The lowest BCUT2D eigenvalue weighted by molar-refractivity contribution is -0.139. The first kappa shape index (κ1) is 16.0. The first-order chi connectivity index (χ1) is 7.88. The molecule has 0 aromatic carbocycles. The number of carbonyl (C=O) groups is 2. The number of alkyl halides is 2. The molecule has 0 rings (SSSR count). The quantitative estimate of drug-likeness (QED) is 0.727. The fourth-order valence-corrected chi connectivity index (χ4v) is 1.51. The number of carbonyl (C=O) groups excluding carboxylic acids is 1. The van der Waals surface area contributed by atoms with Gasteiger partial charge < -0.3 is 15.3 Å². The molecule has 0 aliphatic heterocycles. The third-order valence-corrected chi connectivity index (χ3v) is 2.61. The van der Waals surface area contributed by atoms with Crippen molar-refractivity contribution >= 4 is 23.8 Å². The summed E-state index contributed by atoms with van der Waals surface area (Å²) < 4.78 is 24.0. The normalized spacial score (nSPS) is 12.3. The number of amides is 2. The minimum atomic E-state index is -2.64. The highest BCUT2D eigenvalue weighted by Gasteiger charge is 2.22. The van der Waals surface area contributed by atoms with Crippen LogP contribution in [0.2, 0.25) is 0 Å². The van der Waals surface area contributed by atoms with Gasteiger partial charge in [-0.15, -0.1) is 0 Å². The van der Waals surface area contributed by atoms with E-state index >= 15 is 0 Å². The van der Waals surface area contributed by atoms with Gasteiger partial charge in [-0.3, -0.25) is 0 Å². The van der Waals surface area contributed by atoms with Crippen LogP contribution in [0.25, 0.3) is 0 Å². The molecule has 2 N–H and O–H groups in total. The van der Waals surface area contributed by atoms with E-state index in [0.29, 0.717) is 5.75 Å². The van der Waals surface area contributed by atoms with E-state index in [1.807, 2.05) is 6.26 Å². The first-order valence-electron chi connectivity index (χ1n) is 4.90. The number of rotatable bonds is 7. The summed E-state index contributed by atoms with van der Waals surface area (Å²) in [7, 11) is 1.19. The smallest absolute Gasteiger partial charge is 0.326 e. The molecule has 17 heavy (non-hydrogen) atoms. The summed E-state index contributed by atoms with van der Waals surface area (Å²) in [5, 5.41) is 11.0. The minimum Gasteiger partial charge on any atom is -0.480 e. The highest BCUT2D eigenvalue weighted by Crippen LogP contribution is 2.02. The van der Waals surface area contributed by atoms with Gasteiger partial charge >= 0.3 is 12.0 Å². The number of thioether (sulfide) groups is 1. The van der Waals surface area contributed by atoms with Crippen molar-refractivity contribution in [3.8, 4) is 0 Å². The predicted molar refractivity (Wildman–Crippen MR) is 61.6 cm³/mol. The highest BCUT2D eigenvalue weighted by molar-refractivity contribution is 7.98. The molecule has 100 valence electrons. The second-order valence-electron chi connectivity index (χ2n) is 3.39. The van der Waals surface area contributed by atoms with Crippen LogP contribution in [0.15, 0.2) is 0 Å². The second-order valence-corrected chi connectivity index (χ2v) is 4.38. The van der Waals surface area contributed by atoms with E-state index in [0.717, 1.165) is 4.90 Å². The van der Waals surface area contributed by atoms with Gasteiger partial charge in [-0.1, -0.05) is 0 Å². The summed E-state index contributed by atoms with van der Waals surface area (Å²) in [6.45, 7) is -0.722. The van der Waals surface area contributed by atoms with Gasteiger partial charge in [-0.25, -0.2) is 18.4 Å². The molecule has 0 aliphatic carbocycles. The second kappa shape index (κ2) is 8.10. The maximum absolute atomic E-state index is 12.0. The summed E-state index contributed by atoms with van der Waals surface area (Å²) in [5.74, 6) is -0.603. The number of carboxylic acid groups (broad SMARTS) is 1. The van der Waals surface area contributed by atoms with Gasteiger partial charge in [0.1, 0.15) is 6.04 Å². The van der Waals surface area contributed by atoms with Crippen LogP contribution < -0.4 is 5.32 Å². The van der Waals surface area contributed by atoms with Crippen molar-refractivity contribution in [3.63, 3.8) is 0 Å². The molecule has 0 fully saturated rings.